The van der Waals surface area contributed by atoms with Gasteiger partial charge in [0.15, 0.2) is 5.69 Å². The molecule has 0 saturated heterocycles. The Morgan fingerprint density at radius 1 is 1.07 bits per heavy atom. The molecule has 0 aliphatic rings. The van der Waals surface area contributed by atoms with Crippen molar-refractivity contribution in [2.45, 2.75) is 19.4 Å². The molecule has 5 nitrogen and oxygen atoms in total. The minimum absolute atomic E-state index is 0.00913. The average molecular weight is 375 g/mol. The fourth-order valence-electron chi connectivity index (χ4n) is 3.45. The maximum absolute atomic E-state index is 13.8. The van der Waals surface area contributed by atoms with Gasteiger partial charge < -0.3 is 5.32 Å². The van der Waals surface area contributed by atoms with Crippen molar-refractivity contribution >= 4 is 27.6 Å². The van der Waals surface area contributed by atoms with Crippen LogP contribution >= 0.6 is 0 Å². The number of hydrogen-bond acceptors (Lipinski definition) is 3. The Morgan fingerprint density at radius 3 is 2.61 bits per heavy atom. The lowest BCUT2D eigenvalue weighted by molar-refractivity contribution is 0.0929. The standard InChI is InChI=1S/C22H18FN3O2/c1-2-18(15-10-5-8-13-7-3-4-9-14(13)15)24-22(28)20-21(27)16-11-6-12-17(23)19(16)25-26-20/h3-12,18H,2H2,1H3,(H,24,28)(H,25,27). The molecule has 0 bridgehead atoms. The first-order valence-electron chi connectivity index (χ1n) is 9.05. The molecule has 1 atom stereocenters. The third kappa shape index (κ3) is 3.03. The van der Waals surface area contributed by atoms with Gasteiger partial charge in [0.1, 0.15) is 11.3 Å². The van der Waals surface area contributed by atoms with Crippen LogP contribution < -0.4 is 10.7 Å². The Morgan fingerprint density at radius 2 is 1.79 bits per heavy atom. The molecule has 4 rings (SSSR count). The summed E-state index contributed by atoms with van der Waals surface area (Å²) in [7, 11) is 0. The molecule has 1 amide bonds. The number of nitrogens with zero attached hydrogens (tertiary/aromatic N) is 1. The molecule has 4 aromatic rings. The van der Waals surface area contributed by atoms with E-state index in [1.165, 1.54) is 18.2 Å². The van der Waals surface area contributed by atoms with E-state index in [1.807, 2.05) is 49.4 Å². The van der Waals surface area contributed by atoms with Crippen LogP contribution in [0.2, 0.25) is 0 Å². The van der Waals surface area contributed by atoms with Crippen molar-refractivity contribution < 1.29 is 9.18 Å². The summed E-state index contributed by atoms with van der Waals surface area (Å²) in [6.07, 6.45) is 0.639. The van der Waals surface area contributed by atoms with Crippen LogP contribution in [0, 0.1) is 5.82 Å². The van der Waals surface area contributed by atoms with E-state index in [0.717, 1.165) is 16.3 Å². The van der Waals surface area contributed by atoms with Crippen LogP contribution in [0.5, 0.6) is 0 Å². The second kappa shape index (κ2) is 7.23. The molecule has 0 fully saturated rings. The van der Waals surface area contributed by atoms with Crippen LogP contribution in [0.4, 0.5) is 4.39 Å². The maximum Gasteiger partial charge on any atom is 0.276 e. The van der Waals surface area contributed by atoms with Crippen LogP contribution in [-0.2, 0) is 0 Å². The zero-order valence-corrected chi connectivity index (χ0v) is 15.2. The fourth-order valence-corrected chi connectivity index (χ4v) is 3.45. The number of rotatable bonds is 4. The van der Waals surface area contributed by atoms with Gasteiger partial charge in [-0.2, -0.15) is 5.10 Å². The second-order valence-electron chi connectivity index (χ2n) is 6.57. The Labute approximate surface area is 160 Å². The minimum Gasteiger partial charge on any atom is -0.344 e. The van der Waals surface area contributed by atoms with Gasteiger partial charge in [0.05, 0.1) is 11.4 Å². The summed E-state index contributed by atoms with van der Waals surface area (Å²) >= 11 is 0. The number of amides is 1. The van der Waals surface area contributed by atoms with Gasteiger partial charge in [-0.1, -0.05) is 55.5 Å². The third-order valence-electron chi connectivity index (χ3n) is 4.88. The number of fused-ring (bicyclic) bond motifs is 2. The normalized spacial score (nSPS) is 12.2. The quantitative estimate of drug-likeness (QED) is 0.564. The maximum atomic E-state index is 13.8. The number of halogens is 1. The van der Waals surface area contributed by atoms with Crippen molar-refractivity contribution in [3.8, 4) is 0 Å². The molecule has 0 radical (unpaired) electrons. The smallest absolute Gasteiger partial charge is 0.276 e. The highest BCUT2D eigenvalue weighted by atomic mass is 19.1. The molecule has 0 aliphatic carbocycles. The molecule has 3 aromatic carbocycles. The zero-order valence-electron chi connectivity index (χ0n) is 15.2. The van der Waals surface area contributed by atoms with E-state index in [0.29, 0.717) is 6.42 Å². The summed E-state index contributed by atoms with van der Waals surface area (Å²) in [6, 6.07) is 17.7. The number of benzene rings is 3. The molecule has 6 heteroatoms. The molecule has 1 heterocycles. The van der Waals surface area contributed by atoms with Crippen LogP contribution in [0.15, 0.2) is 65.5 Å². The lowest BCUT2D eigenvalue weighted by Crippen LogP contribution is -2.33. The lowest BCUT2D eigenvalue weighted by atomic mass is 9.97. The topological polar surface area (TPSA) is 74.8 Å². The fraction of sp³-hybridized carbons (Fsp3) is 0.136. The monoisotopic (exact) mass is 375 g/mol. The summed E-state index contributed by atoms with van der Waals surface area (Å²) < 4.78 is 13.8. The van der Waals surface area contributed by atoms with Crippen molar-refractivity contribution in [2.75, 3.05) is 0 Å². The van der Waals surface area contributed by atoms with E-state index in [9.17, 15) is 14.0 Å². The first-order valence-corrected chi connectivity index (χ1v) is 9.05. The number of hydrogen-bond donors (Lipinski definition) is 2. The van der Waals surface area contributed by atoms with Crippen LogP contribution in [0.1, 0.15) is 35.4 Å². The number of nitrogens with one attached hydrogen (secondary N) is 2. The van der Waals surface area contributed by atoms with Gasteiger partial charge >= 0.3 is 0 Å². The highest BCUT2D eigenvalue weighted by Gasteiger charge is 2.21. The van der Waals surface area contributed by atoms with Crippen molar-refractivity contribution in [3.63, 3.8) is 0 Å². The molecular weight excluding hydrogens is 357 g/mol. The Balaban J connectivity index is 1.72. The van der Waals surface area contributed by atoms with E-state index in [4.69, 9.17) is 0 Å². The van der Waals surface area contributed by atoms with Crippen LogP contribution in [0.3, 0.4) is 0 Å². The number of aromatic nitrogens is 2. The zero-order chi connectivity index (χ0) is 19.7. The Kier molecular flexibility index (Phi) is 4.61. The van der Waals surface area contributed by atoms with Gasteiger partial charge in [0.2, 0.25) is 5.43 Å². The molecular formula is C22H18FN3O2. The average Bonchev–Trinajstić information content (AvgIpc) is 2.72. The third-order valence-corrected chi connectivity index (χ3v) is 4.88. The molecule has 1 aromatic heterocycles. The number of H-pyrrole nitrogens is 1. The van der Waals surface area contributed by atoms with Crippen molar-refractivity contribution in [2.24, 2.45) is 0 Å². The largest absolute Gasteiger partial charge is 0.344 e. The molecule has 2 N–H and O–H groups in total. The van der Waals surface area contributed by atoms with Gasteiger partial charge in [-0.15, -0.1) is 0 Å². The summed E-state index contributed by atoms with van der Waals surface area (Å²) in [4.78, 5) is 25.4. The van der Waals surface area contributed by atoms with E-state index < -0.39 is 17.2 Å². The molecule has 0 aliphatic heterocycles. The summed E-state index contributed by atoms with van der Waals surface area (Å²) in [5.74, 6) is -1.18. The summed E-state index contributed by atoms with van der Waals surface area (Å²) in [6.45, 7) is 1.96. The Hall–Kier alpha value is -3.54. The van der Waals surface area contributed by atoms with Gasteiger partial charge in [-0.25, -0.2) is 4.39 Å². The summed E-state index contributed by atoms with van der Waals surface area (Å²) in [5.41, 5.74) is 0.0812. The van der Waals surface area contributed by atoms with E-state index in [1.54, 1.807) is 0 Å². The van der Waals surface area contributed by atoms with Gasteiger partial charge in [-0.3, -0.25) is 14.7 Å². The predicted molar refractivity (Wildman–Crippen MR) is 107 cm³/mol. The lowest BCUT2D eigenvalue weighted by Gasteiger charge is -2.19. The highest BCUT2D eigenvalue weighted by Crippen LogP contribution is 2.26. The SMILES string of the molecule is CCC(NC(=O)c1n[nH]c2c(F)cccc2c1=O)c1cccc2ccccc12. The summed E-state index contributed by atoms with van der Waals surface area (Å²) in [5, 5.41) is 11.4. The number of para-hydroxylation sites is 1. The molecule has 0 saturated carbocycles. The predicted octanol–water partition coefficient (Wildman–Crippen LogP) is 4.10. The van der Waals surface area contributed by atoms with Crippen molar-refractivity contribution in [1.82, 2.24) is 15.5 Å². The molecule has 140 valence electrons. The first kappa shape index (κ1) is 17.9. The number of carbonyl (C=O) groups is 1. The molecule has 28 heavy (non-hydrogen) atoms. The van der Waals surface area contributed by atoms with E-state index in [-0.39, 0.29) is 22.6 Å². The van der Waals surface area contributed by atoms with Gasteiger partial charge in [-0.05, 0) is 34.9 Å². The minimum atomic E-state index is -0.599. The van der Waals surface area contributed by atoms with Crippen LogP contribution in [-0.4, -0.2) is 16.1 Å². The molecule has 0 spiro atoms. The van der Waals surface area contributed by atoms with Crippen molar-refractivity contribution in [3.05, 3.63) is 88.0 Å². The Bertz CT molecular complexity index is 1240. The molecule has 1 unspecified atom stereocenters. The first-order chi connectivity index (χ1) is 13.6. The highest BCUT2D eigenvalue weighted by molar-refractivity contribution is 5.96. The van der Waals surface area contributed by atoms with E-state index >= 15 is 0 Å². The van der Waals surface area contributed by atoms with Crippen molar-refractivity contribution in [1.29, 1.82) is 0 Å². The van der Waals surface area contributed by atoms with Gasteiger partial charge in [0.25, 0.3) is 5.91 Å². The number of aromatic amines is 1. The number of carbonyl (C=O) groups excluding carboxylic acids is 1. The van der Waals surface area contributed by atoms with E-state index in [2.05, 4.69) is 15.5 Å². The van der Waals surface area contributed by atoms with Gasteiger partial charge in [0, 0.05) is 0 Å². The van der Waals surface area contributed by atoms with Crippen LogP contribution in [0.25, 0.3) is 21.7 Å². The second-order valence-corrected chi connectivity index (χ2v) is 6.57.